The summed E-state index contributed by atoms with van der Waals surface area (Å²) in [6.45, 7) is 0.864. The van der Waals surface area contributed by atoms with Crippen molar-refractivity contribution in [2.45, 2.75) is 24.8 Å². The minimum Gasteiger partial charge on any atom is -0.493 e. The van der Waals surface area contributed by atoms with E-state index in [0.29, 0.717) is 6.04 Å². The fraction of sp³-hybridized carbons (Fsp3) is 0.500. The number of hydrogen-bond acceptors (Lipinski definition) is 2. The van der Waals surface area contributed by atoms with Gasteiger partial charge in [-0.05, 0) is 25.1 Å². The molecule has 2 nitrogen and oxygen atoms in total. The van der Waals surface area contributed by atoms with Crippen molar-refractivity contribution in [1.82, 2.24) is 5.32 Å². The van der Waals surface area contributed by atoms with E-state index < -0.39 is 0 Å². The van der Waals surface area contributed by atoms with E-state index in [1.165, 1.54) is 17.5 Å². The van der Waals surface area contributed by atoms with Gasteiger partial charge in [0.15, 0.2) is 0 Å². The van der Waals surface area contributed by atoms with E-state index in [4.69, 9.17) is 4.74 Å². The van der Waals surface area contributed by atoms with Crippen molar-refractivity contribution >= 4 is 0 Å². The van der Waals surface area contributed by atoms with Gasteiger partial charge in [0.05, 0.1) is 6.61 Å². The van der Waals surface area contributed by atoms with Gasteiger partial charge in [-0.3, -0.25) is 0 Å². The van der Waals surface area contributed by atoms with Gasteiger partial charge in [0.25, 0.3) is 0 Å². The molecule has 74 valence electrons. The largest absolute Gasteiger partial charge is 0.493 e. The van der Waals surface area contributed by atoms with Crippen LogP contribution in [0.3, 0.4) is 0 Å². The average Bonchev–Trinajstić information content (AvgIpc) is 2.85. The van der Waals surface area contributed by atoms with Crippen LogP contribution in [0.2, 0.25) is 0 Å². The van der Waals surface area contributed by atoms with E-state index in [1.54, 1.807) is 0 Å². The Morgan fingerprint density at radius 3 is 3.14 bits per heavy atom. The van der Waals surface area contributed by atoms with Gasteiger partial charge in [-0.15, -0.1) is 0 Å². The number of ether oxygens (including phenoxy) is 1. The van der Waals surface area contributed by atoms with Crippen LogP contribution < -0.4 is 10.1 Å². The quantitative estimate of drug-likeness (QED) is 0.764. The molecule has 1 fully saturated rings. The first-order valence-electron chi connectivity index (χ1n) is 5.32. The molecule has 0 saturated heterocycles. The molecule has 0 radical (unpaired) electrons. The van der Waals surface area contributed by atoms with E-state index in [-0.39, 0.29) is 0 Å². The molecule has 3 rings (SSSR count). The molecular formula is C12H15NO. The van der Waals surface area contributed by atoms with Crippen LogP contribution in [0.1, 0.15) is 23.5 Å². The second kappa shape index (κ2) is 2.99. The standard InChI is InChI=1S/C12H15NO/c1-13-11-7-10(11)8-3-2-4-12-9(8)5-6-14-12/h2-4,10-11,13H,5-7H2,1H3/t10-,11+/m0/s1. The molecule has 0 aromatic heterocycles. The minimum absolute atomic E-state index is 0.696. The summed E-state index contributed by atoms with van der Waals surface area (Å²) in [4.78, 5) is 0. The maximum Gasteiger partial charge on any atom is 0.122 e. The van der Waals surface area contributed by atoms with Crippen molar-refractivity contribution < 1.29 is 4.74 Å². The van der Waals surface area contributed by atoms with E-state index >= 15 is 0 Å². The first-order valence-corrected chi connectivity index (χ1v) is 5.32. The number of rotatable bonds is 2. The van der Waals surface area contributed by atoms with Crippen LogP contribution in [0.25, 0.3) is 0 Å². The van der Waals surface area contributed by atoms with Gasteiger partial charge in [-0.2, -0.15) is 0 Å². The van der Waals surface area contributed by atoms with Crippen molar-refractivity contribution in [1.29, 1.82) is 0 Å². The number of benzene rings is 1. The van der Waals surface area contributed by atoms with E-state index in [9.17, 15) is 0 Å². The van der Waals surface area contributed by atoms with Crippen molar-refractivity contribution in [3.63, 3.8) is 0 Å². The number of likely N-dealkylation sites (N-methyl/N-ethyl adjacent to an activating group) is 1. The van der Waals surface area contributed by atoms with Gasteiger partial charge in [0.1, 0.15) is 5.75 Å². The predicted octanol–water partition coefficient (Wildman–Crippen LogP) is 1.70. The molecule has 2 heteroatoms. The average molecular weight is 189 g/mol. The lowest BCUT2D eigenvalue weighted by Crippen LogP contribution is -2.10. The minimum atomic E-state index is 0.696. The van der Waals surface area contributed by atoms with Gasteiger partial charge >= 0.3 is 0 Å². The van der Waals surface area contributed by atoms with Crippen LogP contribution in [-0.4, -0.2) is 19.7 Å². The molecule has 1 aliphatic carbocycles. The number of hydrogen-bond donors (Lipinski definition) is 1. The lowest BCUT2D eigenvalue weighted by molar-refractivity contribution is 0.357. The third-order valence-electron chi connectivity index (χ3n) is 3.34. The van der Waals surface area contributed by atoms with Crippen molar-refractivity contribution in [3.05, 3.63) is 29.3 Å². The Morgan fingerprint density at radius 1 is 1.43 bits per heavy atom. The van der Waals surface area contributed by atoms with Gasteiger partial charge in [0, 0.05) is 23.9 Å². The highest BCUT2D eigenvalue weighted by Gasteiger charge is 2.39. The van der Waals surface area contributed by atoms with E-state index in [1.807, 2.05) is 7.05 Å². The van der Waals surface area contributed by atoms with Crippen LogP contribution in [0.4, 0.5) is 0 Å². The normalized spacial score (nSPS) is 28.4. The summed E-state index contributed by atoms with van der Waals surface area (Å²) >= 11 is 0. The number of fused-ring (bicyclic) bond motifs is 1. The summed E-state index contributed by atoms with van der Waals surface area (Å²) in [6.07, 6.45) is 2.38. The lowest BCUT2D eigenvalue weighted by atomic mass is 10.0. The Morgan fingerprint density at radius 2 is 2.36 bits per heavy atom. The highest BCUT2D eigenvalue weighted by molar-refractivity contribution is 5.46. The zero-order valence-electron chi connectivity index (χ0n) is 8.42. The number of nitrogens with one attached hydrogen (secondary N) is 1. The molecule has 1 aromatic carbocycles. The summed E-state index contributed by atoms with van der Waals surface area (Å²) in [7, 11) is 2.05. The highest BCUT2D eigenvalue weighted by atomic mass is 16.5. The molecular weight excluding hydrogens is 174 g/mol. The molecule has 1 aromatic rings. The van der Waals surface area contributed by atoms with Gasteiger partial charge < -0.3 is 10.1 Å². The Bertz CT molecular complexity index is 361. The molecule has 2 aliphatic rings. The first kappa shape index (κ1) is 8.30. The van der Waals surface area contributed by atoms with Crippen LogP contribution in [0.15, 0.2) is 18.2 Å². The summed E-state index contributed by atoms with van der Waals surface area (Å²) in [5.74, 6) is 1.85. The molecule has 1 N–H and O–H groups in total. The Balaban J connectivity index is 1.95. The van der Waals surface area contributed by atoms with Crippen LogP contribution >= 0.6 is 0 Å². The Hall–Kier alpha value is -1.02. The van der Waals surface area contributed by atoms with Crippen LogP contribution in [-0.2, 0) is 6.42 Å². The molecule has 1 saturated carbocycles. The highest BCUT2D eigenvalue weighted by Crippen LogP contribution is 2.45. The smallest absolute Gasteiger partial charge is 0.122 e. The van der Waals surface area contributed by atoms with Crippen LogP contribution in [0.5, 0.6) is 5.75 Å². The zero-order chi connectivity index (χ0) is 9.54. The van der Waals surface area contributed by atoms with Crippen molar-refractivity contribution in [3.8, 4) is 5.75 Å². The molecule has 1 aliphatic heterocycles. The first-order chi connectivity index (χ1) is 6.90. The third kappa shape index (κ3) is 1.14. The molecule has 1 heterocycles. The van der Waals surface area contributed by atoms with Gasteiger partial charge in [0.2, 0.25) is 0 Å². The van der Waals surface area contributed by atoms with Crippen molar-refractivity contribution in [2.75, 3.05) is 13.7 Å². The molecule has 0 spiro atoms. The van der Waals surface area contributed by atoms with Gasteiger partial charge in [-0.25, -0.2) is 0 Å². The Kier molecular flexibility index (Phi) is 1.77. The summed E-state index contributed by atoms with van der Waals surface area (Å²) in [5, 5.41) is 3.34. The predicted molar refractivity (Wildman–Crippen MR) is 55.8 cm³/mol. The second-order valence-electron chi connectivity index (χ2n) is 4.16. The summed E-state index contributed by atoms with van der Waals surface area (Å²) in [6, 6.07) is 7.16. The summed E-state index contributed by atoms with van der Waals surface area (Å²) in [5.41, 5.74) is 2.97. The molecule has 0 bridgehead atoms. The van der Waals surface area contributed by atoms with E-state index in [0.717, 1.165) is 24.7 Å². The SMILES string of the molecule is CN[C@@H]1C[C@H]1c1cccc2c1CCO2. The lowest BCUT2D eigenvalue weighted by Gasteiger charge is -2.05. The zero-order valence-corrected chi connectivity index (χ0v) is 8.42. The topological polar surface area (TPSA) is 21.3 Å². The maximum absolute atomic E-state index is 5.57. The molecule has 14 heavy (non-hydrogen) atoms. The summed E-state index contributed by atoms with van der Waals surface area (Å²) < 4.78 is 5.57. The van der Waals surface area contributed by atoms with Crippen LogP contribution in [0, 0.1) is 0 Å². The fourth-order valence-corrected chi connectivity index (χ4v) is 2.45. The fourth-order valence-electron chi connectivity index (χ4n) is 2.45. The second-order valence-corrected chi connectivity index (χ2v) is 4.16. The molecule has 0 amide bonds. The maximum atomic E-state index is 5.57. The van der Waals surface area contributed by atoms with Gasteiger partial charge in [-0.1, -0.05) is 12.1 Å². The van der Waals surface area contributed by atoms with Crippen molar-refractivity contribution in [2.24, 2.45) is 0 Å². The monoisotopic (exact) mass is 189 g/mol. The third-order valence-corrected chi connectivity index (χ3v) is 3.34. The molecule has 2 atom stereocenters. The molecule has 0 unspecified atom stereocenters. The Labute approximate surface area is 84.3 Å². The van der Waals surface area contributed by atoms with E-state index in [2.05, 4.69) is 23.5 Å².